The molecule has 7 heteroatoms. The van der Waals surface area contributed by atoms with Crippen LogP contribution in [0.25, 0.3) is 0 Å². The molecule has 30 heavy (non-hydrogen) atoms. The first-order valence-electron chi connectivity index (χ1n) is 9.85. The quantitative estimate of drug-likeness (QED) is 0.603. The number of hydrogen-bond acceptors (Lipinski definition) is 5. The summed E-state index contributed by atoms with van der Waals surface area (Å²) in [5.41, 5.74) is 2.77. The summed E-state index contributed by atoms with van der Waals surface area (Å²) in [6, 6.07) is 11.2. The highest BCUT2D eigenvalue weighted by molar-refractivity contribution is 7.16. The van der Waals surface area contributed by atoms with Crippen molar-refractivity contribution in [3.05, 3.63) is 70.5 Å². The molecule has 2 N–H and O–H groups in total. The van der Waals surface area contributed by atoms with Gasteiger partial charge in [-0.3, -0.25) is 10.3 Å². The van der Waals surface area contributed by atoms with Gasteiger partial charge in [-0.25, -0.2) is 9.78 Å². The minimum absolute atomic E-state index is 0.0816. The number of para-hydroxylation sites is 1. The summed E-state index contributed by atoms with van der Waals surface area (Å²) in [6.45, 7) is 6.33. The molecule has 0 saturated carbocycles. The summed E-state index contributed by atoms with van der Waals surface area (Å²) < 4.78 is 5.71. The normalized spacial score (nSPS) is 14.0. The van der Waals surface area contributed by atoms with E-state index in [1.54, 1.807) is 12.4 Å². The highest BCUT2D eigenvalue weighted by Gasteiger charge is 2.21. The first kappa shape index (κ1) is 21.3. The number of pyridine rings is 1. The van der Waals surface area contributed by atoms with Gasteiger partial charge in [-0.15, -0.1) is 0 Å². The summed E-state index contributed by atoms with van der Waals surface area (Å²) in [4.78, 5) is 21.5. The number of carbonyl (C=O) groups is 1. The van der Waals surface area contributed by atoms with Crippen LogP contribution in [0.2, 0.25) is 0 Å². The second-order valence-corrected chi connectivity index (χ2v) is 7.34. The van der Waals surface area contributed by atoms with Crippen molar-refractivity contribution in [3.63, 3.8) is 0 Å². The Morgan fingerprint density at radius 3 is 2.73 bits per heavy atom. The van der Waals surface area contributed by atoms with Crippen LogP contribution in [0.3, 0.4) is 0 Å². The summed E-state index contributed by atoms with van der Waals surface area (Å²) >= 11 is 1.35. The highest BCUT2D eigenvalue weighted by atomic mass is 32.1. The largest absolute Gasteiger partial charge is 0.491 e. The van der Waals surface area contributed by atoms with Crippen LogP contribution in [-0.4, -0.2) is 28.6 Å². The molecule has 2 aromatic heterocycles. The molecule has 1 unspecified atom stereocenters. The van der Waals surface area contributed by atoms with Crippen molar-refractivity contribution in [2.75, 3.05) is 11.9 Å². The van der Waals surface area contributed by atoms with Crippen LogP contribution in [0.5, 0.6) is 5.75 Å². The second kappa shape index (κ2) is 10.4. The van der Waals surface area contributed by atoms with E-state index in [4.69, 9.17) is 4.74 Å². The maximum Gasteiger partial charge on any atom is 0.321 e. The number of nitrogens with zero attached hydrogens (tertiary/aromatic N) is 2. The number of aryl methyl sites for hydroxylation is 1. The molecule has 6 nitrogen and oxygen atoms in total. The van der Waals surface area contributed by atoms with Crippen LogP contribution in [0.1, 0.15) is 35.5 Å². The topological polar surface area (TPSA) is 76.1 Å². The minimum Gasteiger partial charge on any atom is -0.491 e. The number of thiazole rings is 1. The number of fused-ring (bicyclic) bond motifs is 1. The van der Waals surface area contributed by atoms with Crippen molar-refractivity contribution in [2.45, 2.75) is 33.2 Å². The first-order valence-corrected chi connectivity index (χ1v) is 10.7. The molecule has 0 radical (unpaired) electrons. The van der Waals surface area contributed by atoms with Crippen LogP contribution in [0.15, 0.2) is 48.8 Å². The molecule has 2 amide bonds. The SMILES string of the molecule is CC.Cc1nc(NC(=O)NC2COc3ccccc3C2)sc1C#Cc1ccncc1. The van der Waals surface area contributed by atoms with Gasteiger partial charge in [-0.2, -0.15) is 0 Å². The average molecular weight is 421 g/mol. The van der Waals surface area contributed by atoms with E-state index >= 15 is 0 Å². The minimum atomic E-state index is -0.296. The lowest BCUT2D eigenvalue weighted by molar-refractivity contribution is 0.222. The van der Waals surface area contributed by atoms with Gasteiger partial charge in [0.15, 0.2) is 5.13 Å². The molecular formula is C23H24N4O2S. The zero-order valence-corrected chi connectivity index (χ0v) is 18.0. The molecule has 154 valence electrons. The third-order valence-corrected chi connectivity index (χ3v) is 5.22. The molecule has 0 saturated heterocycles. The Morgan fingerprint density at radius 2 is 1.93 bits per heavy atom. The van der Waals surface area contributed by atoms with Crippen LogP contribution >= 0.6 is 11.3 Å². The number of urea groups is 1. The van der Waals surface area contributed by atoms with Crippen molar-refractivity contribution < 1.29 is 9.53 Å². The molecule has 1 aliphatic rings. The lowest BCUT2D eigenvalue weighted by Gasteiger charge is -2.25. The number of carbonyl (C=O) groups excluding carboxylic acids is 1. The fourth-order valence-electron chi connectivity index (χ4n) is 2.87. The number of aromatic nitrogens is 2. The third-order valence-electron chi connectivity index (χ3n) is 4.23. The fraction of sp³-hybridized carbons (Fsp3) is 0.261. The standard InChI is InChI=1S/C21H18N4O2S.C2H6/c1-14-19(7-6-15-8-10-22-11-9-15)28-21(23-14)25-20(26)24-17-12-16-4-2-3-5-18(16)27-13-17;1-2/h2-5,8-11,17H,12-13H2,1H3,(H2,23,24,25,26);1-2H3. The molecular weight excluding hydrogens is 396 g/mol. The monoisotopic (exact) mass is 420 g/mol. The van der Waals surface area contributed by atoms with Crippen molar-refractivity contribution >= 4 is 22.5 Å². The maximum atomic E-state index is 12.3. The van der Waals surface area contributed by atoms with E-state index in [-0.39, 0.29) is 12.1 Å². The van der Waals surface area contributed by atoms with Gasteiger partial charge in [0.05, 0.1) is 11.7 Å². The van der Waals surface area contributed by atoms with Gasteiger partial charge in [0.2, 0.25) is 0 Å². The van der Waals surface area contributed by atoms with Gasteiger partial charge < -0.3 is 10.1 Å². The zero-order valence-electron chi connectivity index (χ0n) is 17.2. The Hall–Kier alpha value is -3.37. The van der Waals surface area contributed by atoms with Crippen LogP contribution in [-0.2, 0) is 6.42 Å². The molecule has 0 fully saturated rings. The van der Waals surface area contributed by atoms with Crippen molar-refractivity contribution in [1.29, 1.82) is 0 Å². The van der Waals surface area contributed by atoms with Gasteiger partial charge in [-0.1, -0.05) is 49.3 Å². The summed E-state index contributed by atoms with van der Waals surface area (Å²) in [7, 11) is 0. The molecule has 1 aliphatic heterocycles. The zero-order chi connectivity index (χ0) is 21.3. The number of ether oxygens (including phenoxy) is 1. The van der Waals surface area contributed by atoms with Gasteiger partial charge in [0.25, 0.3) is 0 Å². The van der Waals surface area contributed by atoms with Crippen molar-refractivity contribution in [3.8, 4) is 17.6 Å². The number of anilines is 1. The number of amides is 2. The molecule has 1 aromatic carbocycles. The predicted octanol–water partition coefficient (Wildman–Crippen LogP) is 4.40. The predicted molar refractivity (Wildman–Crippen MR) is 120 cm³/mol. The van der Waals surface area contributed by atoms with Gasteiger partial charge in [-0.05, 0) is 43.0 Å². The van der Waals surface area contributed by atoms with E-state index in [1.807, 2.05) is 57.2 Å². The summed E-state index contributed by atoms with van der Waals surface area (Å²) in [5.74, 6) is 7.06. The number of hydrogen-bond donors (Lipinski definition) is 2. The van der Waals surface area contributed by atoms with E-state index < -0.39 is 0 Å². The van der Waals surface area contributed by atoms with Crippen LogP contribution in [0.4, 0.5) is 9.93 Å². The van der Waals surface area contributed by atoms with E-state index in [0.29, 0.717) is 11.7 Å². The number of nitrogens with one attached hydrogen (secondary N) is 2. The Labute approximate surface area is 180 Å². The maximum absolute atomic E-state index is 12.3. The van der Waals surface area contributed by atoms with Crippen LogP contribution in [0, 0.1) is 18.8 Å². The average Bonchev–Trinajstić information content (AvgIpc) is 3.13. The van der Waals surface area contributed by atoms with Gasteiger partial charge in [0, 0.05) is 18.0 Å². The van der Waals surface area contributed by atoms with Crippen LogP contribution < -0.4 is 15.4 Å². The van der Waals surface area contributed by atoms with E-state index in [1.165, 1.54) is 11.3 Å². The highest BCUT2D eigenvalue weighted by Crippen LogP contribution is 2.24. The Morgan fingerprint density at radius 1 is 1.17 bits per heavy atom. The molecule has 3 aromatic rings. The van der Waals surface area contributed by atoms with E-state index in [0.717, 1.165) is 33.9 Å². The Balaban J connectivity index is 0.00000124. The molecule has 1 atom stereocenters. The smallest absolute Gasteiger partial charge is 0.321 e. The molecule has 3 heterocycles. The molecule has 0 bridgehead atoms. The number of benzene rings is 1. The fourth-order valence-corrected chi connectivity index (χ4v) is 3.68. The first-order chi connectivity index (χ1) is 14.7. The Kier molecular flexibility index (Phi) is 7.41. The summed E-state index contributed by atoms with van der Waals surface area (Å²) in [6.07, 6.45) is 4.14. The third kappa shape index (κ3) is 5.58. The van der Waals surface area contributed by atoms with E-state index in [2.05, 4.69) is 32.4 Å². The van der Waals surface area contributed by atoms with E-state index in [9.17, 15) is 4.79 Å². The summed E-state index contributed by atoms with van der Waals surface area (Å²) in [5, 5.41) is 6.26. The van der Waals surface area contributed by atoms with Crippen molar-refractivity contribution in [2.24, 2.45) is 0 Å². The lowest BCUT2D eigenvalue weighted by atomic mass is 10.0. The Bertz CT molecular complexity index is 1050. The molecule has 0 spiro atoms. The molecule has 4 rings (SSSR count). The van der Waals surface area contributed by atoms with Gasteiger partial charge in [0.1, 0.15) is 17.2 Å². The van der Waals surface area contributed by atoms with Gasteiger partial charge >= 0.3 is 6.03 Å². The van der Waals surface area contributed by atoms with Crippen molar-refractivity contribution in [1.82, 2.24) is 15.3 Å². The number of rotatable bonds is 2. The lowest BCUT2D eigenvalue weighted by Crippen LogP contribution is -2.44. The molecule has 0 aliphatic carbocycles. The second-order valence-electron chi connectivity index (χ2n) is 6.34.